The molecule has 0 aromatic rings. The summed E-state index contributed by atoms with van der Waals surface area (Å²) >= 11 is 0. The van der Waals surface area contributed by atoms with Gasteiger partial charge >= 0.3 is 5.97 Å². The molecule has 0 saturated carbocycles. The zero-order chi connectivity index (χ0) is 37.7. The highest BCUT2D eigenvalue weighted by molar-refractivity contribution is 5.81. The van der Waals surface area contributed by atoms with Gasteiger partial charge in [-0.3, -0.25) is 9.59 Å². The summed E-state index contributed by atoms with van der Waals surface area (Å²) in [5, 5.41) is 20.9. The van der Waals surface area contributed by atoms with E-state index >= 15 is 0 Å². The van der Waals surface area contributed by atoms with E-state index in [0.717, 1.165) is 51.4 Å². The van der Waals surface area contributed by atoms with Crippen LogP contribution < -0.4 is 0 Å². The van der Waals surface area contributed by atoms with Gasteiger partial charge in [0, 0.05) is 18.8 Å². The predicted octanol–water partition coefficient (Wildman–Crippen LogP) is 8.56. The maximum atomic E-state index is 14.1. The van der Waals surface area contributed by atoms with E-state index in [9.17, 15) is 19.8 Å². The van der Waals surface area contributed by atoms with Crippen LogP contribution in [0.3, 0.4) is 0 Å². The van der Waals surface area contributed by atoms with E-state index in [4.69, 9.17) is 18.9 Å². The number of Topliss-reactive ketones (excluding diaryl/α,β-unsaturated/α-hetero) is 1. The Morgan fingerprint density at radius 2 is 1.61 bits per heavy atom. The van der Waals surface area contributed by atoms with Crippen LogP contribution >= 0.6 is 0 Å². The summed E-state index contributed by atoms with van der Waals surface area (Å²) in [7, 11) is 0. The third-order valence-electron chi connectivity index (χ3n) is 15.2. The van der Waals surface area contributed by atoms with E-state index in [2.05, 4.69) is 67.5 Å². The third kappa shape index (κ3) is 7.93. The fraction of sp³-hybridized carbons (Fsp3) is 0.907. The first-order valence-corrected chi connectivity index (χ1v) is 20.7. The number of aliphatic carboxylic acids is 1. The molecule has 0 bridgehead atoms. The second-order valence-electron chi connectivity index (χ2n) is 18.7. The van der Waals surface area contributed by atoms with Crippen molar-refractivity contribution in [1.29, 1.82) is 0 Å². The number of carboxylic acids is 1. The van der Waals surface area contributed by atoms with Crippen LogP contribution in [0.5, 0.6) is 0 Å². The van der Waals surface area contributed by atoms with E-state index in [-0.39, 0.29) is 71.5 Å². The molecule has 5 rings (SSSR count). The highest BCUT2D eigenvalue weighted by Gasteiger charge is 2.58. The van der Waals surface area contributed by atoms with Crippen LogP contribution in [0.15, 0.2) is 12.2 Å². The van der Waals surface area contributed by atoms with Crippen molar-refractivity contribution in [1.82, 2.24) is 0 Å². The molecule has 292 valence electrons. The highest BCUT2D eigenvalue weighted by atomic mass is 16.6. The Balaban J connectivity index is 1.24. The van der Waals surface area contributed by atoms with Gasteiger partial charge < -0.3 is 29.2 Å². The fourth-order valence-electron chi connectivity index (χ4n) is 11.1. The van der Waals surface area contributed by atoms with Crippen LogP contribution in [0, 0.1) is 47.3 Å². The summed E-state index contributed by atoms with van der Waals surface area (Å²) in [6.07, 6.45) is 12.2. The van der Waals surface area contributed by atoms with Crippen molar-refractivity contribution in [2.75, 3.05) is 0 Å². The molecule has 5 aliphatic rings. The Morgan fingerprint density at radius 3 is 2.24 bits per heavy atom. The molecule has 17 atom stereocenters. The van der Waals surface area contributed by atoms with E-state index in [0.29, 0.717) is 31.1 Å². The average Bonchev–Trinajstić information content (AvgIpc) is 3.40. The third-order valence-corrected chi connectivity index (χ3v) is 15.2. The fourth-order valence-corrected chi connectivity index (χ4v) is 11.1. The summed E-state index contributed by atoms with van der Waals surface area (Å²) in [6.45, 7) is 23.4. The molecule has 2 N–H and O–H groups in total. The molecule has 51 heavy (non-hydrogen) atoms. The molecule has 4 heterocycles. The average molecular weight is 717 g/mol. The second-order valence-corrected chi connectivity index (χ2v) is 18.7. The van der Waals surface area contributed by atoms with Crippen LogP contribution in [0.2, 0.25) is 0 Å². The van der Waals surface area contributed by atoms with Crippen molar-refractivity contribution in [3.63, 3.8) is 0 Å². The molecule has 2 spiro atoms. The van der Waals surface area contributed by atoms with Gasteiger partial charge in [-0.05, 0) is 107 Å². The van der Waals surface area contributed by atoms with Gasteiger partial charge in [-0.1, -0.05) is 74.5 Å². The Kier molecular flexibility index (Phi) is 12.4. The van der Waals surface area contributed by atoms with E-state index in [1.165, 1.54) is 0 Å². The van der Waals surface area contributed by atoms with E-state index < -0.39 is 28.7 Å². The minimum Gasteiger partial charge on any atom is -0.481 e. The molecule has 4 aliphatic heterocycles. The van der Waals surface area contributed by atoms with E-state index in [1.54, 1.807) is 0 Å². The van der Waals surface area contributed by atoms with Gasteiger partial charge in [0.15, 0.2) is 0 Å². The number of rotatable bonds is 11. The molecule has 10 unspecified atom stereocenters. The Labute approximate surface area is 309 Å². The molecular weight excluding hydrogens is 644 g/mol. The number of carbonyl (C=O) groups excluding carboxylic acids is 1. The molecule has 0 aromatic carbocycles. The van der Waals surface area contributed by atoms with Gasteiger partial charge in [-0.15, -0.1) is 0 Å². The van der Waals surface area contributed by atoms with Crippen molar-refractivity contribution in [3.05, 3.63) is 12.2 Å². The standard InChI is InChI=1S/C43H72O8/c1-12-33(39(45)46)38-27(5)21-26(4)37(49-38)31(9)29(7)30(8)34(44)23-35-25(3)22-28(6)43(50-35)17-14-16-41(24-43)20-19-40(11,51-41)36-15-18-42(47,13-2)32(10)48-36/h14,17,25-33,35-38,47H,12-13,15-16,18-24H2,1-11H3,(H,45,46)/t25?,26-,27?,28?,29+,30?,31-,32-,33+,35?,36?,37?,38?,40-,41?,42+,43?/m0/s1. The van der Waals surface area contributed by atoms with E-state index in [1.807, 2.05) is 20.8 Å². The monoisotopic (exact) mass is 717 g/mol. The predicted molar refractivity (Wildman–Crippen MR) is 199 cm³/mol. The highest BCUT2D eigenvalue weighted by Crippen LogP contribution is 2.55. The zero-order valence-corrected chi connectivity index (χ0v) is 33.8. The number of carboxylic acid groups (broad SMARTS) is 1. The Bertz CT molecular complexity index is 1270. The van der Waals surface area contributed by atoms with Gasteiger partial charge in [0.1, 0.15) is 5.78 Å². The lowest BCUT2D eigenvalue weighted by molar-refractivity contribution is -0.245. The molecule has 0 aromatic heterocycles. The van der Waals surface area contributed by atoms with Crippen LogP contribution in [0.25, 0.3) is 0 Å². The number of aliphatic hydroxyl groups is 1. The first kappa shape index (κ1) is 40.9. The van der Waals surface area contributed by atoms with Crippen LogP contribution in [-0.4, -0.2) is 74.9 Å². The van der Waals surface area contributed by atoms with Gasteiger partial charge in [0.05, 0.1) is 58.8 Å². The summed E-state index contributed by atoms with van der Waals surface area (Å²) < 4.78 is 27.4. The van der Waals surface area contributed by atoms with Crippen LogP contribution in [-0.2, 0) is 28.5 Å². The molecular formula is C43H72O8. The minimum atomic E-state index is -0.786. The molecule has 8 heteroatoms. The lowest BCUT2D eigenvalue weighted by Gasteiger charge is -2.53. The Hall–Kier alpha value is -1.32. The first-order valence-electron chi connectivity index (χ1n) is 20.7. The van der Waals surface area contributed by atoms with Gasteiger partial charge in [-0.25, -0.2) is 0 Å². The van der Waals surface area contributed by atoms with Gasteiger partial charge in [0.2, 0.25) is 0 Å². The maximum Gasteiger partial charge on any atom is 0.309 e. The van der Waals surface area contributed by atoms with Crippen molar-refractivity contribution in [3.8, 4) is 0 Å². The van der Waals surface area contributed by atoms with Crippen LogP contribution in [0.4, 0.5) is 0 Å². The number of ketones is 1. The normalized spacial score (nSPS) is 46.9. The molecule has 4 fully saturated rings. The first-order chi connectivity index (χ1) is 23.8. The van der Waals surface area contributed by atoms with Crippen LogP contribution in [0.1, 0.15) is 147 Å². The number of hydrogen-bond acceptors (Lipinski definition) is 7. The number of hydrogen-bond donors (Lipinski definition) is 2. The number of carbonyl (C=O) groups is 2. The summed E-state index contributed by atoms with van der Waals surface area (Å²) in [5.74, 6) is -0.0180. The lowest BCUT2D eigenvalue weighted by Crippen LogP contribution is -2.57. The second kappa shape index (κ2) is 15.4. The number of ether oxygens (including phenoxy) is 4. The zero-order valence-electron chi connectivity index (χ0n) is 33.8. The summed E-state index contributed by atoms with van der Waals surface area (Å²) in [4.78, 5) is 26.2. The SMILES string of the molecule is CC[C@@H](C(=O)O)C1OC([C@@H](C)[C@H](C)C(C)C(=O)CC2OC3(C=CCC4(CC[C@@](C)(C5CC[C@](O)(CC)[C@H](C)O5)O4)C3)C(C)CC2C)[C@@H](C)CC1C. The van der Waals surface area contributed by atoms with Crippen molar-refractivity contribution in [2.24, 2.45) is 47.3 Å². The summed E-state index contributed by atoms with van der Waals surface area (Å²) in [5.41, 5.74) is -2.00. The minimum absolute atomic E-state index is 0.0527. The lowest BCUT2D eigenvalue weighted by atomic mass is 9.67. The molecule has 0 radical (unpaired) electrons. The Morgan fingerprint density at radius 1 is 0.922 bits per heavy atom. The van der Waals surface area contributed by atoms with Crippen molar-refractivity contribution < 1.29 is 38.7 Å². The van der Waals surface area contributed by atoms with Gasteiger partial charge in [0.25, 0.3) is 0 Å². The van der Waals surface area contributed by atoms with Crippen molar-refractivity contribution >= 4 is 11.8 Å². The van der Waals surface area contributed by atoms with Gasteiger partial charge in [-0.2, -0.15) is 0 Å². The largest absolute Gasteiger partial charge is 0.481 e. The summed E-state index contributed by atoms with van der Waals surface area (Å²) in [6, 6.07) is 0. The topological polar surface area (TPSA) is 112 Å². The quantitative estimate of drug-likeness (QED) is 0.205. The smallest absolute Gasteiger partial charge is 0.309 e. The molecule has 1 aliphatic carbocycles. The molecule has 0 amide bonds. The van der Waals surface area contributed by atoms with Crippen molar-refractivity contribution in [2.45, 2.75) is 200 Å². The molecule has 8 nitrogen and oxygen atoms in total. The molecule has 4 saturated heterocycles. The maximum absolute atomic E-state index is 14.1.